The molecule has 0 atom stereocenters. The van der Waals surface area contributed by atoms with Gasteiger partial charge in [-0.2, -0.15) is 0 Å². The molecule has 2 N–H and O–H groups in total. The average Bonchev–Trinajstić information content (AvgIpc) is 3.14. The number of nitrogens with one attached hydrogen (secondary N) is 2. The molecular weight excluding hydrogens is 302 g/mol. The van der Waals surface area contributed by atoms with Gasteiger partial charge in [-0.25, -0.2) is 4.98 Å². The zero-order valence-corrected chi connectivity index (χ0v) is 13.5. The highest BCUT2D eigenvalue weighted by Gasteiger charge is 2.09. The van der Waals surface area contributed by atoms with E-state index in [1.807, 2.05) is 42.5 Å². The first kappa shape index (κ1) is 15.8. The summed E-state index contributed by atoms with van der Waals surface area (Å²) >= 11 is 0. The Kier molecular flexibility index (Phi) is 4.91. The van der Waals surface area contributed by atoms with Crippen LogP contribution in [0, 0.1) is 0 Å². The molecular formula is C19H19N3O2. The van der Waals surface area contributed by atoms with E-state index in [2.05, 4.69) is 22.5 Å². The van der Waals surface area contributed by atoms with Crippen LogP contribution in [0.4, 0.5) is 11.4 Å². The molecule has 3 aromatic rings. The zero-order chi connectivity index (χ0) is 16.8. The van der Waals surface area contributed by atoms with Crippen LogP contribution < -0.4 is 10.6 Å². The molecule has 122 valence electrons. The van der Waals surface area contributed by atoms with Gasteiger partial charge in [0.15, 0.2) is 0 Å². The Balaban J connectivity index is 1.63. The Morgan fingerprint density at radius 3 is 2.71 bits per heavy atom. The van der Waals surface area contributed by atoms with Crippen molar-refractivity contribution in [1.82, 2.24) is 4.98 Å². The Morgan fingerprint density at radius 1 is 1.12 bits per heavy atom. The van der Waals surface area contributed by atoms with E-state index >= 15 is 0 Å². The summed E-state index contributed by atoms with van der Waals surface area (Å²) in [7, 11) is 0. The smallest absolute Gasteiger partial charge is 0.274 e. The van der Waals surface area contributed by atoms with Crippen LogP contribution in [-0.4, -0.2) is 10.9 Å². The maximum Gasteiger partial charge on any atom is 0.274 e. The standard InChI is InChI=1S/C19H19N3O2/c1-2-14-6-3-4-8-17(14)22-19(23)18-10-9-15(12-21-18)20-13-16-7-5-11-24-16/h3-12,20H,2,13H2,1H3,(H,22,23). The highest BCUT2D eigenvalue weighted by Crippen LogP contribution is 2.17. The van der Waals surface area contributed by atoms with E-state index in [4.69, 9.17) is 4.42 Å². The SMILES string of the molecule is CCc1ccccc1NC(=O)c1ccc(NCc2ccco2)cn1. The molecule has 2 heterocycles. The van der Waals surface area contributed by atoms with Gasteiger partial charge in [-0.3, -0.25) is 4.79 Å². The van der Waals surface area contributed by atoms with Crippen LogP contribution in [0.15, 0.2) is 65.4 Å². The van der Waals surface area contributed by atoms with E-state index in [0.29, 0.717) is 12.2 Å². The summed E-state index contributed by atoms with van der Waals surface area (Å²) in [4.78, 5) is 16.6. The minimum atomic E-state index is -0.214. The number of nitrogens with zero attached hydrogens (tertiary/aromatic N) is 1. The number of anilines is 2. The maximum absolute atomic E-state index is 12.3. The predicted molar refractivity (Wildman–Crippen MR) is 94.0 cm³/mol. The van der Waals surface area contributed by atoms with E-state index in [0.717, 1.165) is 29.1 Å². The monoisotopic (exact) mass is 321 g/mol. The lowest BCUT2D eigenvalue weighted by Crippen LogP contribution is -2.14. The third kappa shape index (κ3) is 3.81. The van der Waals surface area contributed by atoms with Crippen LogP contribution in [0.25, 0.3) is 0 Å². The number of para-hydroxylation sites is 1. The van der Waals surface area contributed by atoms with Crippen LogP contribution in [0.5, 0.6) is 0 Å². The summed E-state index contributed by atoms with van der Waals surface area (Å²) in [6.45, 7) is 2.63. The van der Waals surface area contributed by atoms with Crippen molar-refractivity contribution in [2.75, 3.05) is 10.6 Å². The molecule has 0 saturated heterocycles. The number of hydrogen-bond donors (Lipinski definition) is 2. The van der Waals surface area contributed by atoms with Gasteiger partial charge in [-0.1, -0.05) is 25.1 Å². The Hall–Kier alpha value is -3.08. The summed E-state index contributed by atoms with van der Waals surface area (Å²) in [6, 6.07) is 15.0. The first-order valence-electron chi connectivity index (χ1n) is 7.88. The molecule has 0 spiro atoms. The lowest BCUT2D eigenvalue weighted by Gasteiger charge is -2.10. The van der Waals surface area contributed by atoms with Gasteiger partial charge in [0.2, 0.25) is 0 Å². The minimum absolute atomic E-state index is 0.214. The molecule has 24 heavy (non-hydrogen) atoms. The van der Waals surface area contributed by atoms with Gasteiger partial charge in [-0.15, -0.1) is 0 Å². The molecule has 0 aliphatic rings. The summed E-state index contributed by atoms with van der Waals surface area (Å²) in [5.74, 6) is 0.626. The number of amides is 1. The molecule has 0 aliphatic heterocycles. The van der Waals surface area contributed by atoms with Gasteiger partial charge in [0, 0.05) is 5.69 Å². The fourth-order valence-corrected chi connectivity index (χ4v) is 2.37. The molecule has 1 amide bonds. The quantitative estimate of drug-likeness (QED) is 0.717. The van der Waals surface area contributed by atoms with Gasteiger partial charge in [0.05, 0.1) is 24.7 Å². The minimum Gasteiger partial charge on any atom is -0.467 e. The Bertz CT molecular complexity index is 796. The van der Waals surface area contributed by atoms with Crippen molar-refractivity contribution in [3.8, 4) is 0 Å². The molecule has 0 bridgehead atoms. The van der Waals surface area contributed by atoms with Gasteiger partial charge >= 0.3 is 0 Å². The number of aromatic nitrogens is 1. The molecule has 1 aromatic carbocycles. The topological polar surface area (TPSA) is 67.2 Å². The largest absolute Gasteiger partial charge is 0.467 e. The van der Waals surface area contributed by atoms with Crippen LogP contribution >= 0.6 is 0 Å². The molecule has 0 saturated carbocycles. The van der Waals surface area contributed by atoms with Crippen molar-refractivity contribution >= 4 is 17.3 Å². The molecule has 3 rings (SSSR count). The lowest BCUT2D eigenvalue weighted by atomic mass is 10.1. The predicted octanol–water partition coefficient (Wildman–Crippen LogP) is 4.10. The van der Waals surface area contributed by atoms with E-state index in [1.165, 1.54) is 0 Å². The number of benzene rings is 1. The fourth-order valence-electron chi connectivity index (χ4n) is 2.37. The molecule has 5 nitrogen and oxygen atoms in total. The van der Waals surface area contributed by atoms with Crippen molar-refractivity contribution in [3.63, 3.8) is 0 Å². The molecule has 0 radical (unpaired) electrons. The van der Waals surface area contributed by atoms with Crippen molar-refractivity contribution in [3.05, 3.63) is 78.0 Å². The van der Waals surface area contributed by atoms with Gasteiger partial charge in [0.25, 0.3) is 5.91 Å². The van der Waals surface area contributed by atoms with E-state index in [1.54, 1.807) is 18.5 Å². The second-order valence-electron chi connectivity index (χ2n) is 5.33. The van der Waals surface area contributed by atoms with Crippen LogP contribution in [0.2, 0.25) is 0 Å². The summed E-state index contributed by atoms with van der Waals surface area (Å²) < 4.78 is 5.26. The van der Waals surface area contributed by atoms with Gasteiger partial charge in [-0.05, 0) is 42.3 Å². The average molecular weight is 321 g/mol. The molecule has 5 heteroatoms. The normalized spacial score (nSPS) is 10.4. The highest BCUT2D eigenvalue weighted by molar-refractivity contribution is 6.03. The number of carbonyl (C=O) groups is 1. The summed E-state index contributed by atoms with van der Waals surface area (Å²) in [5.41, 5.74) is 3.13. The van der Waals surface area contributed by atoms with Crippen molar-refractivity contribution in [1.29, 1.82) is 0 Å². The van der Waals surface area contributed by atoms with Crippen molar-refractivity contribution < 1.29 is 9.21 Å². The van der Waals surface area contributed by atoms with Gasteiger partial charge < -0.3 is 15.1 Å². The highest BCUT2D eigenvalue weighted by atomic mass is 16.3. The van der Waals surface area contributed by atoms with Crippen LogP contribution in [0.3, 0.4) is 0 Å². The van der Waals surface area contributed by atoms with Crippen molar-refractivity contribution in [2.45, 2.75) is 19.9 Å². The number of pyridine rings is 1. The zero-order valence-electron chi connectivity index (χ0n) is 13.5. The number of furan rings is 1. The molecule has 0 aliphatic carbocycles. The fraction of sp³-hybridized carbons (Fsp3) is 0.158. The summed E-state index contributed by atoms with van der Waals surface area (Å²) in [6.07, 6.45) is 4.14. The summed E-state index contributed by atoms with van der Waals surface area (Å²) in [5, 5.41) is 6.11. The Labute approximate surface area is 140 Å². The number of hydrogen-bond acceptors (Lipinski definition) is 4. The second-order valence-corrected chi connectivity index (χ2v) is 5.33. The first-order chi connectivity index (χ1) is 11.8. The first-order valence-corrected chi connectivity index (χ1v) is 7.88. The molecule has 0 unspecified atom stereocenters. The second kappa shape index (κ2) is 7.46. The Morgan fingerprint density at radius 2 is 2.00 bits per heavy atom. The molecule has 0 fully saturated rings. The van der Waals surface area contributed by atoms with Crippen molar-refractivity contribution in [2.24, 2.45) is 0 Å². The maximum atomic E-state index is 12.3. The van der Waals surface area contributed by atoms with E-state index in [9.17, 15) is 4.79 Å². The number of aryl methyl sites for hydroxylation is 1. The van der Waals surface area contributed by atoms with Gasteiger partial charge in [0.1, 0.15) is 11.5 Å². The van der Waals surface area contributed by atoms with Crippen LogP contribution in [-0.2, 0) is 13.0 Å². The number of rotatable bonds is 6. The third-order valence-corrected chi connectivity index (χ3v) is 3.69. The lowest BCUT2D eigenvalue weighted by molar-refractivity contribution is 0.102. The van der Waals surface area contributed by atoms with E-state index < -0.39 is 0 Å². The van der Waals surface area contributed by atoms with Crippen LogP contribution in [0.1, 0.15) is 28.7 Å². The van der Waals surface area contributed by atoms with E-state index in [-0.39, 0.29) is 5.91 Å². The number of carbonyl (C=O) groups excluding carboxylic acids is 1. The third-order valence-electron chi connectivity index (χ3n) is 3.69. The molecule has 2 aromatic heterocycles.